The van der Waals surface area contributed by atoms with E-state index >= 15 is 0 Å². The zero-order valence-electron chi connectivity index (χ0n) is 24.0. The van der Waals surface area contributed by atoms with E-state index < -0.39 is 11.9 Å². The molecule has 0 atom stereocenters. The number of ether oxygens (including phenoxy) is 4. The second kappa shape index (κ2) is 15.0. The molecule has 0 heterocycles. The number of esters is 2. The van der Waals surface area contributed by atoms with Crippen molar-refractivity contribution < 1.29 is 37.7 Å². The number of hydrogen-bond acceptors (Lipinski definition) is 7. The van der Waals surface area contributed by atoms with Crippen LogP contribution in [0, 0.1) is 11.7 Å². The average Bonchev–Trinajstić information content (AvgIpc) is 3.00. The molecule has 0 unspecified atom stereocenters. The second-order valence-corrected chi connectivity index (χ2v) is 10.4. The summed E-state index contributed by atoms with van der Waals surface area (Å²) in [7, 11) is 2.49. The van der Waals surface area contributed by atoms with Gasteiger partial charge in [-0.25, -0.2) is 18.8 Å². The van der Waals surface area contributed by atoms with Crippen molar-refractivity contribution in [1.82, 2.24) is 5.32 Å². The summed E-state index contributed by atoms with van der Waals surface area (Å²) in [6.07, 6.45) is 7.15. The van der Waals surface area contributed by atoms with Gasteiger partial charge in [-0.15, -0.1) is 0 Å². The summed E-state index contributed by atoms with van der Waals surface area (Å²) < 4.78 is 33.5. The van der Waals surface area contributed by atoms with Crippen LogP contribution < -0.4 is 20.1 Å². The highest BCUT2D eigenvalue weighted by Gasteiger charge is 2.22. The molecule has 0 saturated heterocycles. The van der Waals surface area contributed by atoms with Crippen molar-refractivity contribution in [3.63, 3.8) is 0 Å². The van der Waals surface area contributed by atoms with Crippen molar-refractivity contribution in [2.45, 2.75) is 51.0 Å². The fourth-order valence-corrected chi connectivity index (χ4v) is 5.17. The van der Waals surface area contributed by atoms with E-state index in [2.05, 4.69) is 32.2 Å². The maximum absolute atomic E-state index is 13.4. The first kappa shape index (κ1) is 30.6. The van der Waals surface area contributed by atoms with Crippen LogP contribution in [0.2, 0.25) is 0 Å². The lowest BCUT2D eigenvalue weighted by Crippen LogP contribution is -2.40. The van der Waals surface area contributed by atoms with Gasteiger partial charge in [0.05, 0.1) is 14.2 Å². The van der Waals surface area contributed by atoms with Crippen LogP contribution in [-0.2, 0) is 25.5 Å². The molecule has 0 spiro atoms. The second-order valence-electron chi connectivity index (χ2n) is 10.4. The highest BCUT2D eigenvalue weighted by atomic mass is 19.1. The summed E-state index contributed by atoms with van der Waals surface area (Å²) in [5.41, 5.74) is 1.70. The van der Waals surface area contributed by atoms with Crippen molar-refractivity contribution in [3.05, 3.63) is 66.0 Å². The number of anilines is 1. The number of carbonyl (C=O) groups excluding carboxylic acids is 3. The Morgan fingerprint density at radius 1 is 0.810 bits per heavy atom. The standard InChI is InChI=1S/C32H37FN2O7/c1-39-30(36)19-41-28-15-14-27(18-29(28)42-20-31(37)40-2)35-32(38)34-26-12-7-21(8-13-26)4-3-5-22-6-9-24-17-25(33)11-10-23(24)16-22/h6,9-11,14-18,21,26H,3-5,7-8,12-13,19-20H2,1-2H3,(H2,34,35,38). The van der Waals surface area contributed by atoms with Crippen molar-refractivity contribution in [3.8, 4) is 11.5 Å². The van der Waals surface area contributed by atoms with Gasteiger partial charge < -0.3 is 29.6 Å². The molecule has 1 saturated carbocycles. The summed E-state index contributed by atoms with van der Waals surface area (Å²) in [4.78, 5) is 35.7. The maximum Gasteiger partial charge on any atom is 0.343 e. The van der Waals surface area contributed by atoms with E-state index in [-0.39, 0.29) is 42.6 Å². The van der Waals surface area contributed by atoms with Crippen LogP contribution in [0.1, 0.15) is 44.1 Å². The summed E-state index contributed by atoms with van der Waals surface area (Å²) in [6, 6.07) is 15.5. The molecule has 10 heteroatoms. The minimum absolute atomic E-state index is 0.0832. The number of rotatable bonds is 12. The Balaban J connectivity index is 1.21. The van der Waals surface area contributed by atoms with Gasteiger partial charge in [-0.3, -0.25) is 0 Å². The van der Waals surface area contributed by atoms with E-state index in [1.54, 1.807) is 12.1 Å². The molecule has 42 heavy (non-hydrogen) atoms. The third-order valence-corrected chi connectivity index (χ3v) is 7.47. The molecule has 0 aromatic heterocycles. The third-order valence-electron chi connectivity index (χ3n) is 7.47. The number of amides is 2. The van der Waals surface area contributed by atoms with E-state index in [9.17, 15) is 18.8 Å². The Labute approximate surface area is 244 Å². The minimum Gasteiger partial charge on any atom is -0.478 e. The van der Waals surface area contributed by atoms with E-state index in [0.717, 1.165) is 55.7 Å². The normalized spacial score (nSPS) is 16.4. The van der Waals surface area contributed by atoms with Crippen LogP contribution in [0.15, 0.2) is 54.6 Å². The molecule has 3 aromatic carbocycles. The Bertz CT molecular complexity index is 1390. The topological polar surface area (TPSA) is 112 Å². The third kappa shape index (κ3) is 9.09. The van der Waals surface area contributed by atoms with Crippen LogP contribution in [-0.4, -0.2) is 51.4 Å². The summed E-state index contributed by atoms with van der Waals surface area (Å²) in [5, 5.41) is 7.83. The number of benzene rings is 3. The highest BCUT2D eigenvalue weighted by Crippen LogP contribution is 2.32. The van der Waals surface area contributed by atoms with E-state index in [1.807, 2.05) is 12.1 Å². The molecule has 9 nitrogen and oxygen atoms in total. The number of urea groups is 1. The van der Waals surface area contributed by atoms with Crippen molar-refractivity contribution in [2.75, 3.05) is 32.8 Å². The van der Waals surface area contributed by atoms with E-state index in [4.69, 9.17) is 9.47 Å². The first-order chi connectivity index (χ1) is 20.3. The van der Waals surface area contributed by atoms with Gasteiger partial charge in [-0.1, -0.05) is 30.7 Å². The largest absolute Gasteiger partial charge is 0.478 e. The van der Waals surface area contributed by atoms with Crippen LogP contribution in [0.4, 0.5) is 14.9 Å². The van der Waals surface area contributed by atoms with Crippen molar-refractivity contribution >= 4 is 34.4 Å². The number of nitrogens with one attached hydrogen (secondary N) is 2. The summed E-state index contributed by atoms with van der Waals surface area (Å²) >= 11 is 0. The number of methoxy groups -OCH3 is 2. The Hall–Kier alpha value is -4.34. The number of halogens is 1. The first-order valence-corrected chi connectivity index (χ1v) is 14.1. The lowest BCUT2D eigenvalue weighted by Gasteiger charge is -2.29. The quantitative estimate of drug-likeness (QED) is 0.261. The molecule has 1 aliphatic carbocycles. The van der Waals surface area contributed by atoms with Gasteiger partial charge in [0.25, 0.3) is 0 Å². The maximum atomic E-state index is 13.4. The predicted molar refractivity (Wildman–Crippen MR) is 156 cm³/mol. The Kier molecular flexibility index (Phi) is 11.0. The van der Waals surface area contributed by atoms with Crippen LogP contribution in [0.5, 0.6) is 11.5 Å². The van der Waals surface area contributed by atoms with Crippen LogP contribution in [0.3, 0.4) is 0 Å². The molecular weight excluding hydrogens is 543 g/mol. The SMILES string of the molecule is COC(=O)COc1ccc(NC(=O)NC2CCC(CCCc3ccc4cc(F)ccc4c3)CC2)cc1OCC(=O)OC. The lowest BCUT2D eigenvalue weighted by atomic mass is 9.83. The van der Waals surface area contributed by atoms with Gasteiger partial charge in [-0.2, -0.15) is 0 Å². The molecule has 3 aromatic rings. The number of fused-ring (bicyclic) bond motifs is 1. The fraction of sp³-hybridized carbons (Fsp3) is 0.406. The molecule has 2 N–H and O–H groups in total. The molecule has 1 fully saturated rings. The highest BCUT2D eigenvalue weighted by molar-refractivity contribution is 5.90. The molecule has 2 amide bonds. The Morgan fingerprint density at radius 2 is 1.48 bits per heavy atom. The molecule has 224 valence electrons. The van der Waals surface area contributed by atoms with Gasteiger partial charge in [0.15, 0.2) is 24.7 Å². The van der Waals surface area contributed by atoms with E-state index in [0.29, 0.717) is 11.6 Å². The minimum atomic E-state index is -0.591. The van der Waals surface area contributed by atoms with Gasteiger partial charge in [0, 0.05) is 17.8 Å². The van der Waals surface area contributed by atoms with Gasteiger partial charge in [0.1, 0.15) is 5.82 Å². The smallest absolute Gasteiger partial charge is 0.343 e. The van der Waals surface area contributed by atoms with Crippen LogP contribution >= 0.6 is 0 Å². The van der Waals surface area contributed by atoms with Crippen molar-refractivity contribution in [1.29, 1.82) is 0 Å². The van der Waals surface area contributed by atoms with Gasteiger partial charge in [-0.05, 0) is 85.0 Å². The monoisotopic (exact) mass is 580 g/mol. The number of aryl methyl sites for hydroxylation is 1. The molecule has 1 aliphatic rings. The average molecular weight is 581 g/mol. The molecule has 0 radical (unpaired) electrons. The molecule has 4 rings (SSSR count). The number of carbonyl (C=O) groups is 3. The summed E-state index contributed by atoms with van der Waals surface area (Å²) in [6.45, 7) is -0.708. The van der Waals surface area contributed by atoms with Crippen molar-refractivity contribution in [2.24, 2.45) is 5.92 Å². The molecule has 0 bridgehead atoms. The fourth-order valence-electron chi connectivity index (χ4n) is 5.17. The van der Waals surface area contributed by atoms with Crippen LogP contribution in [0.25, 0.3) is 10.8 Å². The molecular formula is C32H37FN2O7. The zero-order valence-corrected chi connectivity index (χ0v) is 24.0. The number of hydrogen-bond donors (Lipinski definition) is 2. The lowest BCUT2D eigenvalue weighted by molar-refractivity contribution is -0.144. The summed E-state index contributed by atoms with van der Waals surface area (Å²) in [5.74, 6) is -0.370. The Morgan fingerprint density at radius 3 is 2.19 bits per heavy atom. The molecule has 0 aliphatic heterocycles. The van der Waals surface area contributed by atoms with Gasteiger partial charge >= 0.3 is 18.0 Å². The predicted octanol–water partition coefficient (Wildman–Crippen LogP) is 5.79. The van der Waals surface area contributed by atoms with E-state index in [1.165, 1.54) is 38.0 Å². The first-order valence-electron chi connectivity index (χ1n) is 14.1. The van der Waals surface area contributed by atoms with Gasteiger partial charge in [0.2, 0.25) is 0 Å². The zero-order chi connectivity index (χ0) is 29.9.